The molecule has 0 bridgehead atoms. The van der Waals surface area contributed by atoms with Crippen LogP contribution in [-0.2, 0) is 18.0 Å². The summed E-state index contributed by atoms with van der Waals surface area (Å²) in [5, 5.41) is 6.09. The summed E-state index contributed by atoms with van der Waals surface area (Å²) in [4.78, 5) is 24.3. The monoisotopic (exact) mass is 557 g/mol. The number of halogens is 4. The molecule has 2 N–H and O–H groups in total. The Morgan fingerprint density at radius 2 is 1.88 bits per heavy atom. The molecule has 8 nitrogen and oxygen atoms in total. The van der Waals surface area contributed by atoms with E-state index in [1.54, 1.807) is 25.2 Å². The maximum Gasteiger partial charge on any atom is 0.419 e. The number of fused-ring (bicyclic) bond motifs is 1. The van der Waals surface area contributed by atoms with Crippen LogP contribution >= 0.6 is 0 Å². The van der Waals surface area contributed by atoms with Gasteiger partial charge in [0.05, 0.1) is 22.6 Å². The number of anilines is 4. The Hall–Kier alpha value is -4.19. The van der Waals surface area contributed by atoms with Crippen molar-refractivity contribution in [3.63, 3.8) is 0 Å². The molecular weight excluding hydrogens is 526 g/mol. The summed E-state index contributed by atoms with van der Waals surface area (Å²) >= 11 is 0. The number of benzene rings is 2. The molecule has 0 spiro atoms. The molecule has 0 fully saturated rings. The Kier molecular flexibility index (Phi) is 8.29. The predicted molar refractivity (Wildman–Crippen MR) is 149 cm³/mol. The van der Waals surface area contributed by atoms with Crippen LogP contribution in [0.2, 0.25) is 0 Å². The van der Waals surface area contributed by atoms with Crippen LogP contribution in [0.4, 0.5) is 40.6 Å². The first kappa shape index (κ1) is 28.8. The van der Waals surface area contributed by atoms with Crippen LogP contribution in [0.3, 0.4) is 0 Å². The summed E-state index contributed by atoms with van der Waals surface area (Å²) in [6.07, 6.45) is -2.60. The van der Waals surface area contributed by atoms with Crippen molar-refractivity contribution in [2.45, 2.75) is 20.0 Å². The number of rotatable bonds is 9. The smallest absolute Gasteiger partial charge is 0.369 e. The molecule has 212 valence electrons. The van der Waals surface area contributed by atoms with E-state index in [0.29, 0.717) is 29.5 Å². The second-order valence-corrected chi connectivity index (χ2v) is 9.66. The second-order valence-electron chi connectivity index (χ2n) is 9.66. The Balaban J connectivity index is 1.76. The third-order valence-electron chi connectivity index (χ3n) is 6.40. The first-order valence-corrected chi connectivity index (χ1v) is 12.7. The number of hydrogen-bond donors (Lipinski definition) is 2. The van der Waals surface area contributed by atoms with Crippen molar-refractivity contribution >= 4 is 39.8 Å². The van der Waals surface area contributed by atoms with E-state index in [1.807, 2.05) is 27.1 Å². The first-order chi connectivity index (χ1) is 18.9. The van der Waals surface area contributed by atoms with Gasteiger partial charge in [-0.25, -0.2) is 14.4 Å². The lowest BCUT2D eigenvalue weighted by atomic mass is 10.1. The molecular formula is C28H31F4N7O. The molecule has 0 saturated heterocycles. The van der Waals surface area contributed by atoms with Crippen molar-refractivity contribution in [2.75, 3.05) is 49.3 Å². The summed E-state index contributed by atoms with van der Waals surface area (Å²) in [5.74, 6) is -0.902. The van der Waals surface area contributed by atoms with Crippen LogP contribution in [0.15, 0.2) is 48.8 Å². The molecule has 0 aliphatic rings. The van der Waals surface area contributed by atoms with Gasteiger partial charge in [0.2, 0.25) is 11.9 Å². The van der Waals surface area contributed by atoms with Crippen molar-refractivity contribution in [1.29, 1.82) is 0 Å². The van der Waals surface area contributed by atoms with Gasteiger partial charge in [-0.2, -0.15) is 13.2 Å². The van der Waals surface area contributed by atoms with Gasteiger partial charge in [-0.1, -0.05) is 12.1 Å². The van der Waals surface area contributed by atoms with E-state index >= 15 is 0 Å². The molecule has 1 amide bonds. The summed E-state index contributed by atoms with van der Waals surface area (Å²) in [5.41, 5.74) is 0.689. The molecule has 0 radical (unpaired) electrons. The molecule has 40 heavy (non-hydrogen) atoms. The number of aryl methyl sites for hydroxylation is 1. The van der Waals surface area contributed by atoms with E-state index in [1.165, 1.54) is 29.8 Å². The summed E-state index contributed by atoms with van der Waals surface area (Å²) in [6.45, 7) is 5.63. The van der Waals surface area contributed by atoms with Gasteiger partial charge in [0, 0.05) is 62.6 Å². The predicted octanol–water partition coefficient (Wildman–Crippen LogP) is 5.88. The zero-order valence-electron chi connectivity index (χ0n) is 22.9. The number of hydrogen-bond acceptors (Lipinski definition) is 6. The van der Waals surface area contributed by atoms with E-state index < -0.39 is 17.6 Å². The van der Waals surface area contributed by atoms with Gasteiger partial charge < -0.3 is 25.0 Å². The molecule has 4 aromatic rings. The van der Waals surface area contributed by atoms with Gasteiger partial charge in [-0.3, -0.25) is 4.79 Å². The number of carbonyl (C=O) groups excluding carboxylic acids is 1. The average molecular weight is 558 g/mol. The van der Waals surface area contributed by atoms with E-state index in [4.69, 9.17) is 0 Å². The van der Waals surface area contributed by atoms with Gasteiger partial charge in [0.15, 0.2) is 0 Å². The molecule has 2 aromatic carbocycles. The molecule has 0 saturated carbocycles. The van der Waals surface area contributed by atoms with Gasteiger partial charge in [-0.05, 0) is 45.3 Å². The molecule has 4 rings (SSSR count). The van der Waals surface area contributed by atoms with Crippen LogP contribution in [0.5, 0.6) is 0 Å². The van der Waals surface area contributed by atoms with E-state index in [2.05, 4.69) is 30.4 Å². The number of para-hydroxylation sites is 1. The van der Waals surface area contributed by atoms with Gasteiger partial charge in [0.25, 0.3) is 0 Å². The maximum atomic E-state index is 14.5. The highest BCUT2D eigenvalue weighted by Gasteiger charge is 2.36. The highest BCUT2D eigenvalue weighted by atomic mass is 19.4. The molecule has 0 aliphatic heterocycles. The average Bonchev–Trinajstić information content (AvgIpc) is 3.21. The Morgan fingerprint density at radius 1 is 1.12 bits per heavy atom. The SMILES string of the molecule is CCN(CCN(C)C)c1ccc(Nc2ncc(C(F)(F)F)c(-c3cn(C)c4c(F)cccc34)n2)cc1NC(C)=O. The number of alkyl halides is 3. The maximum absolute atomic E-state index is 14.5. The van der Waals surface area contributed by atoms with E-state index in [9.17, 15) is 22.4 Å². The Bertz CT molecular complexity index is 1530. The fourth-order valence-electron chi connectivity index (χ4n) is 4.54. The molecule has 2 heterocycles. The minimum atomic E-state index is -4.74. The van der Waals surface area contributed by atoms with Gasteiger partial charge >= 0.3 is 6.18 Å². The quantitative estimate of drug-likeness (QED) is 0.250. The largest absolute Gasteiger partial charge is 0.419 e. The topological polar surface area (TPSA) is 78.3 Å². The van der Waals surface area contributed by atoms with E-state index in [-0.39, 0.29) is 28.6 Å². The zero-order chi connectivity index (χ0) is 29.2. The Labute approximate surface area is 229 Å². The van der Waals surface area contributed by atoms with Crippen molar-refractivity contribution < 1.29 is 22.4 Å². The van der Waals surface area contributed by atoms with Gasteiger partial charge in [0.1, 0.15) is 11.4 Å². The van der Waals surface area contributed by atoms with E-state index in [0.717, 1.165) is 18.8 Å². The number of nitrogens with one attached hydrogen (secondary N) is 2. The molecule has 0 aliphatic carbocycles. The lowest BCUT2D eigenvalue weighted by molar-refractivity contribution is -0.137. The minimum absolute atomic E-state index is 0.0853. The van der Waals surface area contributed by atoms with Crippen LogP contribution < -0.4 is 15.5 Å². The van der Waals surface area contributed by atoms with Gasteiger partial charge in [-0.15, -0.1) is 0 Å². The Morgan fingerprint density at radius 3 is 2.52 bits per heavy atom. The van der Waals surface area contributed by atoms with Crippen molar-refractivity contribution in [1.82, 2.24) is 19.4 Å². The number of likely N-dealkylation sites (N-methyl/N-ethyl adjacent to an activating group) is 2. The lowest BCUT2D eigenvalue weighted by Gasteiger charge is -2.27. The molecule has 2 aromatic heterocycles. The highest BCUT2D eigenvalue weighted by molar-refractivity contribution is 5.96. The molecule has 12 heteroatoms. The third kappa shape index (κ3) is 6.17. The zero-order valence-corrected chi connectivity index (χ0v) is 22.9. The number of carbonyl (C=O) groups is 1. The number of nitrogens with zero attached hydrogens (tertiary/aromatic N) is 5. The standard InChI is InChI=1S/C28H31F4N7O/c1-6-39(13-12-37(3)4)24-11-10-18(14-23(24)34-17(2)40)35-27-33-15-21(28(30,31)32)25(36-27)20-16-38(5)26-19(20)8-7-9-22(26)29/h7-11,14-16H,6,12-13H2,1-5H3,(H,34,40)(H,33,35,36). The highest BCUT2D eigenvalue weighted by Crippen LogP contribution is 2.40. The van der Waals surface area contributed by atoms with Crippen molar-refractivity contribution in [3.8, 4) is 11.3 Å². The lowest BCUT2D eigenvalue weighted by Crippen LogP contribution is -2.32. The number of aromatic nitrogens is 3. The van der Waals surface area contributed by atoms with Crippen LogP contribution in [0, 0.1) is 5.82 Å². The fraction of sp³-hybridized carbons (Fsp3) is 0.321. The third-order valence-corrected chi connectivity index (χ3v) is 6.40. The summed E-state index contributed by atoms with van der Waals surface area (Å²) < 4.78 is 57.9. The normalized spacial score (nSPS) is 11.8. The first-order valence-electron chi connectivity index (χ1n) is 12.7. The molecule has 0 unspecified atom stereocenters. The van der Waals surface area contributed by atoms with Crippen LogP contribution in [0.25, 0.3) is 22.2 Å². The number of amides is 1. The van der Waals surface area contributed by atoms with Crippen LogP contribution in [-0.4, -0.2) is 59.1 Å². The summed E-state index contributed by atoms with van der Waals surface area (Å²) in [6, 6.07) is 9.50. The van der Waals surface area contributed by atoms with Crippen molar-refractivity contribution in [3.05, 3.63) is 60.2 Å². The molecule has 0 atom stereocenters. The van der Waals surface area contributed by atoms with Crippen molar-refractivity contribution in [2.24, 2.45) is 7.05 Å². The second kappa shape index (κ2) is 11.5. The van der Waals surface area contributed by atoms with Crippen LogP contribution in [0.1, 0.15) is 19.4 Å². The minimum Gasteiger partial charge on any atom is -0.369 e. The summed E-state index contributed by atoms with van der Waals surface area (Å²) in [7, 11) is 5.51. The fourth-order valence-corrected chi connectivity index (χ4v) is 4.54.